The quantitative estimate of drug-likeness (QED) is 0.613. The number of amides is 1. The minimum Gasteiger partial charge on any atom is -0.355 e. The second-order valence-electron chi connectivity index (χ2n) is 5.51. The highest BCUT2D eigenvalue weighted by molar-refractivity contribution is 7.99. The molecule has 0 saturated carbocycles. The number of para-hydroxylation sites is 1. The van der Waals surface area contributed by atoms with Crippen molar-refractivity contribution in [1.82, 2.24) is 10.3 Å². The first-order valence-corrected chi connectivity index (χ1v) is 10.0. The second-order valence-corrected chi connectivity index (χ2v) is 7.61. The number of rotatable bonds is 8. The van der Waals surface area contributed by atoms with Crippen molar-refractivity contribution in [3.63, 3.8) is 0 Å². The maximum Gasteiger partial charge on any atom is 0.230 e. The first-order chi connectivity index (χ1) is 11.8. The molecule has 1 amide bonds. The number of benzene rings is 2. The Morgan fingerprint density at radius 3 is 2.71 bits per heavy atom. The van der Waals surface area contributed by atoms with Crippen LogP contribution in [0.2, 0.25) is 0 Å². The van der Waals surface area contributed by atoms with Crippen molar-refractivity contribution in [2.24, 2.45) is 0 Å². The number of nitrogens with one attached hydrogen (secondary N) is 1. The maximum absolute atomic E-state index is 11.9. The molecule has 24 heavy (non-hydrogen) atoms. The van der Waals surface area contributed by atoms with Gasteiger partial charge in [-0.2, -0.15) is 0 Å². The van der Waals surface area contributed by atoms with Gasteiger partial charge in [-0.3, -0.25) is 4.79 Å². The zero-order valence-corrected chi connectivity index (χ0v) is 15.0. The van der Waals surface area contributed by atoms with Crippen LogP contribution in [0.3, 0.4) is 0 Å². The zero-order chi connectivity index (χ0) is 16.6. The molecular weight excluding hydrogens is 336 g/mol. The highest BCUT2D eigenvalue weighted by atomic mass is 32.2. The summed E-state index contributed by atoms with van der Waals surface area (Å²) in [6, 6.07) is 18.5. The molecule has 1 aromatic heterocycles. The second kappa shape index (κ2) is 8.85. The lowest BCUT2D eigenvalue weighted by Gasteiger charge is -2.05. The van der Waals surface area contributed by atoms with Crippen LogP contribution in [-0.2, 0) is 17.0 Å². The molecule has 1 heterocycles. The van der Waals surface area contributed by atoms with E-state index in [0.29, 0.717) is 5.75 Å². The van der Waals surface area contributed by atoms with Crippen LogP contribution in [0.4, 0.5) is 0 Å². The Kier molecular flexibility index (Phi) is 6.26. The van der Waals surface area contributed by atoms with Gasteiger partial charge < -0.3 is 5.32 Å². The van der Waals surface area contributed by atoms with Gasteiger partial charge in [0, 0.05) is 12.3 Å². The topological polar surface area (TPSA) is 42.0 Å². The van der Waals surface area contributed by atoms with Crippen LogP contribution in [-0.4, -0.2) is 23.2 Å². The lowest BCUT2D eigenvalue weighted by molar-refractivity contribution is -0.118. The van der Waals surface area contributed by atoms with Crippen LogP contribution in [0.15, 0.2) is 54.6 Å². The van der Waals surface area contributed by atoms with Gasteiger partial charge in [0.25, 0.3) is 0 Å². The number of nitrogens with zero attached hydrogens (tertiary/aromatic N) is 1. The molecule has 0 radical (unpaired) electrons. The van der Waals surface area contributed by atoms with Gasteiger partial charge in [-0.15, -0.1) is 23.1 Å². The lowest BCUT2D eigenvalue weighted by atomic mass is 10.1. The normalized spacial score (nSPS) is 10.8. The van der Waals surface area contributed by atoms with E-state index in [0.717, 1.165) is 35.7 Å². The third-order valence-electron chi connectivity index (χ3n) is 3.60. The predicted molar refractivity (Wildman–Crippen MR) is 104 cm³/mol. The van der Waals surface area contributed by atoms with E-state index in [9.17, 15) is 4.79 Å². The van der Waals surface area contributed by atoms with Crippen molar-refractivity contribution >= 4 is 39.2 Å². The summed E-state index contributed by atoms with van der Waals surface area (Å²) in [5, 5.41) is 4.07. The molecule has 0 atom stereocenters. The molecule has 0 saturated heterocycles. The lowest BCUT2D eigenvalue weighted by Crippen LogP contribution is -2.26. The molecule has 0 fully saturated rings. The number of hydrogen-bond acceptors (Lipinski definition) is 4. The van der Waals surface area contributed by atoms with Gasteiger partial charge in [0.05, 0.1) is 16.0 Å². The Morgan fingerprint density at radius 1 is 1.08 bits per heavy atom. The Bertz CT molecular complexity index is 753. The van der Waals surface area contributed by atoms with Gasteiger partial charge in [-0.05, 0) is 30.5 Å². The Labute approximate surface area is 150 Å². The van der Waals surface area contributed by atoms with E-state index in [2.05, 4.69) is 28.5 Å². The van der Waals surface area contributed by atoms with Crippen LogP contribution in [0.1, 0.15) is 17.0 Å². The Morgan fingerprint density at radius 2 is 1.88 bits per heavy atom. The van der Waals surface area contributed by atoms with Gasteiger partial charge in [0.1, 0.15) is 5.01 Å². The highest BCUT2D eigenvalue weighted by Gasteiger charge is 2.05. The number of thioether (sulfide) groups is 1. The number of carbonyl (C=O) groups excluding carboxylic acids is 1. The van der Waals surface area contributed by atoms with Gasteiger partial charge in [0.2, 0.25) is 5.91 Å². The number of aryl methyl sites for hydroxylation is 1. The van der Waals surface area contributed by atoms with Crippen molar-refractivity contribution < 1.29 is 4.79 Å². The smallest absolute Gasteiger partial charge is 0.230 e. The fourth-order valence-electron chi connectivity index (χ4n) is 2.43. The van der Waals surface area contributed by atoms with Crippen LogP contribution >= 0.6 is 23.1 Å². The summed E-state index contributed by atoms with van der Waals surface area (Å²) < 4.78 is 1.21. The van der Waals surface area contributed by atoms with Crippen molar-refractivity contribution in [3.8, 4) is 0 Å². The van der Waals surface area contributed by atoms with E-state index in [4.69, 9.17) is 0 Å². The molecule has 0 aliphatic heterocycles. The van der Waals surface area contributed by atoms with Gasteiger partial charge in [0.15, 0.2) is 0 Å². The molecule has 0 unspecified atom stereocenters. The summed E-state index contributed by atoms with van der Waals surface area (Å²) in [5.41, 5.74) is 2.36. The maximum atomic E-state index is 11.9. The van der Waals surface area contributed by atoms with E-state index < -0.39 is 0 Å². The van der Waals surface area contributed by atoms with Crippen LogP contribution in [0.5, 0.6) is 0 Å². The van der Waals surface area contributed by atoms with Crippen molar-refractivity contribution in [2.75, 3.05) is 12.3 Å². The molecule has 3 nitrogen and oxygen atoms in total. The molecule has 0 aliphatic carbocycles. The summed E-state index contributed by atoms with van der Waals surface area (Å²) in [6.07, 6.45) is 1.97. The van der Waals surface area contributed by atoms with Gasteiger partial charge in [-0.25, -0.2) is 4.98 Å². The van der Waals surface area contributed by atoms with Crippen LogP contribution in [0, 0.1) is 0 Å². The first kappa shape index (κ1) is 17.0. The molecule has 3 aromatic rings. The molecule has 5 heteroatoms. The van der Waals surface area contributed by atoms with E-state index in [1.165, 1.54) is 10.3 Å². The Balaban J connectivity index is 1.32. The van der Waals surface area contributed by atoms with E-state index in [1.54, 1.807) is 23.1 Å². The number of thiazole rings is 1. The molecule has 3 rings (SSSR count). The molecule has 0 aliphatic rings. The first-order valence-electron chi connectivity index (χ1n) is 8.04. The van der Waals surface area contributed by atoms with Gasteiger partial charge >= 0.3 is 0 Å². The predicted octanol–water partition coefficient (Wildman–Crippen LogP) is 4.28. The summed E-state index contributed by atoms with van der Waals surface area (Å²) in [5.74, 6) is 1.38. The monoisotopic (exact) mass is 356 g/mol. The van der Waals surface area contributed by atoms with Crippen LogP contribution < -0.4 is 5.32 Å². The standard InChI is InChI=1S/C19H20N2OS2/c22-18(20-12-6-9-15-7-2-1-3-8-15)13-23-14-19-21-16-10-4-5-11-17(16)24-19/h1-5,7-8,10-11H,6,9,12-14H2,(H,20,22). The summed E-state index contributed by atoms with van der Waals surface area (Å²) in [7, 11) is 0. The van der Waals surface area contributed by atoms with Gasteiger partial charge in [-0.1, -0.05) is 42.5 Å². The fourth-order valence-corrected chi connectivity index (χ4v) is 4.31. The Hall–Kier alpha value is -1.85. The highest BCUT2D eigenvalue weighted by Crippen LogP contribution is 2.24. The minimum absolute atomic E-state index is 0.106. The SMILES string of the molecule is O=C(CSCc1nc2ccccc2s1)NCCCc1ccccc1. The molecule has 124 valence electrons. The summed E-state index contributed by atoms with van der Waals surface area (Å²) in [4.78, 5) is 16.5. The average Bonchev–Trinajstić information content (AvgIpc) is 3.02. The molecule has 0 bridgehead atoms. The largest absolute Gasteiger partial charge is 0.355 e. The number of carbonyl (C=O) groups is 1. The zero-order valence-electron chi connectivity index (χ0n) is 13.4. The van der Waals surface area contributed by atoms with Crippen molar-refractivity contribution in [2.45, 2.75) is 18.6 Å². The van der Waals surface area contributed by atoms with E-state index in [1.807, 2.05) is 36.4 Å². The minimum atomic E-state index is 0.106. The summed E-state index contributed by atoms with van der Waals surface area (Å²) >= 11 is 3.32. The van der Waals surface area contributed by atoms with E-state index >= 15 is 0 Å². The van der Waals surface area contributed by atoms with Crippen molar-refractivity contribution in [3.05, 3.63) is 65.2 Å². The molecule has 2 aromatic carbocycles. The number of hydrogen-bond donors (Lipinski definition) is 1. The molecular formula is C19H20N2OS2. The molecule has 1 N–H and O–H groups in total. The fraction of sp³-hybridized carbons (Fsp3) is 0.263. The van der Waals surface area contributed by atoms with Crippen molar-refractivity contribution in [1.29, 1.82) is 0 Å². The van der Waals surface area contributed by atoms with Crippen LogP contribution in [0.25, 0.3) is 10.2 Å². The molecule has 0 spiro atoms. The number of fused-ring (bicyclic) bond motifs is 1. The van der Waals surface area contributed by atoms with E-state index in [-0.39, 0.29) is 5.91 Å². The average molecular weight is 357 g/mol. The third kappa shape index (κ3) is 5.08. The third-order valence-corrected chi connectivity index (χ3v) is 5.77. The number of aromatic nitrogens is 1. The summed E-state index contributed by atoms with van der Waals surface area (Å²) in [6.45, 7) is 0.732.